The van der Waals surface area contributed by atoms with Crippen LogP contribution in [0.3, 0.4) is 0 Å². The lowest BCUT2D eigenvalue weighted by Crippen LogP contribution is -2.54. The maximum atomic E-state index is 12.7. The van der Waals surface area contributed by atoms with Gasteiger partial charge in [0.2, 0.25) is 0 Å². The lowest BCUT2D eigenvalue weighted by atomic mass is 10.0. The van der Waals surface area contributed by atoms with Crippen molar-refractivity contribution in [3.8, 4) is 0 Å². The minimum Gasteiger partial charge on any atom is -0.350 e. The zero-order chi connectivity index (χ0) is 13.7. The summed E-state index contributed by atoms with van der Waals surface area (Å²) in [6.07, 6.45) is 4.05. The highest BCUT2D eigenvalue weighted by Crippen LogP contribution is 2.30. The highest BCUT2D eigenvalue weighted by Gasteiger charge is 2.34. The molecule has 3 nitrogen and oxygen atoms in total. The topological polar surface area (TPSA) is 23.6 Å². The second-order valence-electron chi connectivity index (χ2n) is 5.18. The number of anilines is 1. The fourth-order valence-corrected chi connectivity index (χ4v) is 2.97. The molecule has 1 amide bonds. The first-order chi connectivity index (χ1) is 9.75. The molecule has 2 aliphatic rings. The van der Waals surface area contributed by atoms with E-state index in [4.69, 9.17) is 0 Å². The summed E-state index contributed by atoms with van der Waals surface area (Å²) < 4.78 is 0. The fraction of sp³-hybridized carbons (Fsp3) is 0.118. The molecule has 0 N–H and O–H groups in total. The maximum Gasteiger partial charge on any atom is 0.261 e. The van der Waals surface area contributed by atoms with E-state index in [2.05, 4.69) is 17.0 Å². The molecule has 2 heterocycles. The molecule has 4 rings (SSSR count). The maximum absolute atomic E-state index is 12.7. The Hall–Kier alpha value is -2.55. The van der Waals surface area contributed by atoms with E-state index in [1.165, 1.54) is 5.22 Å². The van der Waals surface area contributed by atoms with Crippen LogP contribution in [0.4, 0.5) is 5.69 Å². The van der Waals surface area contributed by atoms with Crippen molar-refractivity contribution in [1.82, 2.24) is 4.90 Å². The van der Waals surface area contributed by atoms with Gasteiger partial charge in [-0.05, 0) is 28.6 Å². The van der Waals surface area contributed by atoms with Crippen molar-refractivity contribution < 1.29 is 4.79 Å². The number of nitrogens with zero attached hydrogens (tertiary/aromatic N) is 2. The average molecular weight is 262 g/mol. The van der Waals surface area contributed by atoms with Crippen LogP contribution in [0, 0.1) is 0 Å². The van der Waals surface area contributed by atoms with Gasteiger partial charge >= 0.3 is 0 Å². The van der Waals surface area contributed by atoms with Crippen LogP contribution >= 0.6 is 0 Å². The summed E-state index contributed by atoms with van der Waals surface area (Å²) in [6, 6.07) is 15.9. The quantitative estimate of drug-likeness (QED) is 0.711. The molecule has 2 aromatic carbocycles. The Morgan fingerprint density at radius 3 is 2.50 bits per heavy atom. The van der Waals surface area contributed by atoms with Crippen molar-refractivity contribution in [3.05, 3.63) is 64.5 Å². The Morgan fingerprint density at radius 1 is 0.950 bits per heavy atom. The molecule has 0 saturated heterocycles. The molecule has 98 valence electrons. The predicted molar refractivity (Wildman–Crippen MR) is 79.4 cm³/mol. The third kappa shape index (κ3) is 1.43. The van der Waals surface area contributed by atoms with Gasteiger partial charge in [-0.3, -0.25) is 9.69 Å². The number of para-hydroxylation sites is 1. The SMILES string of the molecule is CN1c2ccccc2C(=O)N2C=c3ccccc3=CC21. The number of rotatable bonds is 0. The first-order valence-corrected chi connectivity index (χ1v) is 6.69. The van der Waals surface area contributed by atoms with E-state index in [0.717, 1.165) is 16.5 Å². The van der Waals surface area contributed by atoms with Crippen molar-refractivity contribution in [2.24, 2.45) is 0 Å². The Morgan fingerprint density at radius 2 is 1.65 bits per heavy atom. The Kier molecular flexibility index (Phi) is 2.24. The van der Waals surface area contributed by atoms with Gasteiger partial charge in [0, 0.05) is 13.2 Å². The Bertz CT molecular complexity index is 825. The van der Waals surface area contributed by atoms with E-state index in [0.29, 0.717) is 0 Å². The average Bonchev–Trinajstić information content (AvgIpc) is 2.51. The zero-order valence-electron chi connectivity index (χ0n) is 11.2. The highest BCUT2D eigenvalue weighted by atomic mass is 16.2. The van der Waals surface area contributed by atoms with Gasteiger partial charge in [0.15, 0.2) is 0 Å². The number of hydrogen-bond donors (Lipinski definition) is 0. The minimum absolute atomic E-state index is 0.0488. The van der Waals surface area contributed by atoms with Crippen LogP contribution in [0.2, 0.25) is 0 Å². The number of amides is 1. The Balaban J connectivity index is 1.96. The van der Waals surface area contributed by atoms with Crippen LogP contribution in [0.5, 0.6) is 0 Å². The molecule has 2 aliphatic heterocycles. The summed E-state index contributed by atoms with van der Waals surface area (Å²) in [5.41, 5.74) is 1.75. The van der Waals surface area contributed by atoms with E-state index < -0.39 is 0 Å². The molecular formula is C17H14N2O. The lowest BCUT2D eigenvalue weighted by Gasteiger charge is -2.41. The van der Waals surface area contributed by atoms with Crippen LogP contribution in [0.25, 0.3) is 12.3 Å². The summed E-state index contributed by atoms with van der Waals surface area (Å²) in [4.78, 5) is 16.6. The molecule has 20 heavy (non-hydrogen) atoms. The number of fused-ring (bicyclic) bond motifs is 3. The van der Waals surface area contributed by atoms with Crippen molar-refractivity contribution in [2.75, 3.05) is 11.9 Å². The van der Waals surface area contributed by atoms with Gasteiger partial charge in [-0.15, -0.1) is 0 Å². The molecule has 0 spiro atoms. The van der Waals surface area contributed by atoms with Gasteiger partial charge in [0.1, 0.15) is 6.17 Å². The minimum atomic E-state index is -0.0488. The van der Waals surface area contributed by atoms with Crippen molar-refractivity contribution in [2.45, 2.75) is 6.17 Å². The van der Waals surface area contributed by atoms with Crippen LogP contribution in [0.15, 0.2) is 48.5 Å². The van der Waals surface area contributed by atoms with Gasteiger partial charge in [-0.1, -0.05) is 36.4 Å². The summed E-state index contributed by atoms with van der Waals surface area (Å²) >= 11 is 0. The summed E-state index contributed by atoms with van der Waals surface area (Å²) in [5, 5.41) is 2.26. The first kappa shape index (κ1) is 11.3. The Labute approximate surface area is 117 Å². The van der Waals surface area contributed by atoms with Crippen LogP contribution in [-0.2, 0) is 0 Å². The molecule has 3 heteroatoms. The molecule has 0 aromatic heterocycles. The molecule has 1 atom stereocenters. The molecule has 2 aromatic rings. The number of benzene rings is 2. The molecule has 0 radical (unpaired) electrons. The van der Waals surface area contributed by atoms with E-state index in [1.807, 2.05) is 60.6 Å². The van der Waals surface area contributed by atoms with E-state index in [-0.39, 0.29) is 12.1 Å². The van der Waals surface area contributed by atoms with Gasteiger partial charge in [0.05, 0.1) is 11.3 Å². The van der Waals surface area contributed by atoms with Crippen molar-refractivity contribution >= 4 is 23.9 Å². The summed E-state index contributed by atoms with van der Waals surface area (Å²) in [5.74, 6) is 0.0643. The largest absolute Gasteiger partial charge is 0.350 e. The predicted octanol–water partition coefficient (Wildman–Crippen LogP) is 1.14. The van der Waals surface area contributed by atoms with Crippen LogP contribution < -0.4 is 15.3 Å². The number of hydrogen-bond acceptors (Lipinski definition) is 2. The molecule has 0 fully saturated rings. The van der Waals surface area contributed by atoms with Gasteiger partial charge in [-0.2, -0.15) is 0 Å². The molecule has 0 saturated carbocycles. The number of carbonyl (C=O) groups excluding carboxylic acids is 1. The van der Waals surface area contributed by atoms with E-state index in [9.17, 15) is 4.79 Å². The summed E-state index contributed by atoms with van der Waals surface area (Å²) in [6.45, 7) is 0. The second-order valence-corrected chi connectivity index (χ2v) is 5.18. The molecule has 1 unspecified atom stereocenters. The number of carbonyl (C=O) groups is 1. The first-order valence-electron chi connectivity index (χ1n) is 6.69. The molecular weight excluding hydrogens is 248 g/mol. The van der Waals surface area contributed by atoms with E-state index in [1.54, 1.807) is 0 Å². The molecule has 0 aliphatic carbocycles. The van der Waals surface area contributed by atoms with Crippen LogP contribution in [0.1, 0.15) is 10.4 Å². The molecule has 0 bridgehead atoms. The van der Waals surface area contributed by atoms with Crippen LogP contribution in [-0.4, -0.2) is 24.0 Å². The summed E-state index contributed by atoms with van der Waals surface area (Å²) in [7, 11) is 2.03. The second kappa shape index (κ2) is 3.97. The standard InChI is InChI=1S/C17H14N2O/c1-18-15-9-5-4-8-14(15)17(20)19-11-13-7-3-2-6-12(13)10-16(18)19/h2-11,16H,1H3. The van der Waals surface area contributed by atoms with E-state index >= 15 is 0 Å². The van der Waals surface area contributed by atoms with Gasteiger partial charge in [0.25, 0.3) is 5.91 Å². The van der Waals surface area contributed by atoms with Gasteiger partial charge in [-0.25, -0.2) is 0 Å². The highest BCUT2D eigenvalue weighted by molar-refractivity contribution is 6.04. The third-order valence-corrected chi connectivity index (χ3v) is 4.03. The fourth-order valence-electron chi connectivity index (χ4n) is 2.97. The van der Waals surface area contributed by atoms with Crippen molar-refractivity contribution in [3.63, 3.8) is 0 Å². The lowest BCUT2D eigenvalue weighted by molar-refractivity contribution is 0.0808. The van der Waals surface area contributed by atoms with Gasteiger partial charge < -0.3 is 4.90 Å². The third-order valence-electron chi connectivity index (χ3n) is 4.03. The normalized spacial score (nSPS) is 19.4. The smallest absolute Gasteiger partial charge is 0.261 e. The monoisotopic (exact) mass is 262 g/mol. The zero-order valence-corrected chi connectivity index (χ0v) is 11.2. The van der Waals surface area contributed by atoms with Crippen molar-refractivity contribution in [1.29, 1.82) is 0 Å².